The molecule has 0 saturated carbocycles. The lowest BCUT2D eigenvalue weighted by Gasteiger charge is -2.08. The summed E-state index contributed by atoms with van der Waals surface area (Å²) in [7, 11) is -2.94. The maximum atomic E-state index is 11.3. The lowest BCUT2D eigenvalue weighted by molar-refractivity contribution is 0.317. The Morgan fingerprint density at radius 1 is 1.32 bits per heavy atom. The number of aliphatic hydroxyl groups excluding tert-OH is 1. The first-order valence-electron chi connectivity index (χ1n) is 6.11. The fraction of sp³-hybridized carbons (Fsp3) is 0.429. The second-order valence-electron chi connectivity index (χ2n) is 3.89. The molecule has 1 N–H and O–H groups in total. The van der Waals surface area contributed by atoms with Gasteiger partial charge in [-0.1, -0.05) is 30.9 Å². The van der Waals surface area contributed by atoms with Gasteiger partial charge in [-0.2, -0.15) is 0 Å². The Morgan fingerprint density at radius 2 is 2.05 bits per heavy atom. The fourth-order valence-electron chi connectivity index (χ4n) is 1.44. The Morgan fingerprint density at radius 3 is 2.74 bits per heavy atom. The molecule has 0 spiro atoms. The Kier molecular flexibility index (Phi) is 6.40. The van der Waals surface area contributed by atoms with Crippen LogP contribution < -0.4 is 4.74 Å². The van der Waals surface area contributed by atoms with Crippen molar-refractivity contribution in [2.24, 2.45) is 0 Å². The summed E-state index contributed by atoms with van der Waals surface area (Å²) in [6.07, 6.45) is 0.456. The molecular weight excluding hydrogens is 264 g/mol. The molecule has 0 bridgehead atoms. The number of para-hydroxylation sites is 1. The van der Waals surface area contributed by atoms with Crippen LogP contribution in [0.4, 0.5) is 0 Å². The molecule has 0 saturated heterocycles. The lowest BCUT2D eigenvalue weighted by Crippen LogP contribution is -2.12. The summed E-state index contributed by atoms with van der Waals surface area (Å²) < 4.78 is 28.2. The van der Waals surface area contributed by atoms with Crippen molar-refractivity contribution in [2.75, 3.05) is 24.7 Å². The molecule has 1 aromatic rings. The molecule has 0 heterocycles. The highest BCUT2D eigenvalue weighted by Crippen LogP contribution is 2.16. The van der Waals surface area contributed by atoms with Crippen LogP contribution in [-0.4, -0.2) is 38.2 Å². The van der Waals surface area contributed by atoms with Gasteiger partial charge in [0.25, 0.3) is 0 Å². The Hall–Kier alpha value is -1.51. The Labute approximate surface area is 114 Å². The van der Waals surface area contributed by atoms with Crippen molar-refractivity contribution in [1.82, 2.24) is 0 Å². The van der Waals surface area contributed by atoms with Crippen LogP contribution in [0.1, 0.15) is 18.9 Å². The molecule has 0 aliphatic rings. The average Bonchev–Trinajstić information content (AvgIpc) is 2.42. The molecule has 19 heavy (non-hydrogen) atoms. The quantitative estimate of drug-likeness (QED) is 0.630. The number of ether oxygens (including phenoxy) is 1. The zero-order valence-electron chi connectivity index (χ0n) is 10.9. The predicted octanol–water partition coefficient (Wildman–Crippen LogP) is 1.23. The van der Waals surface area contributed by atoms with Crippen molar-refractivity contribution >= 4 is 9.84 Å². The minimum Gasteiger partial charge on any atom is -0.492 e. The van der Waals surface area contributed by atoms with E-state index in [4.69, 9.17) is 9.84 Å². The van der Waals surface area contributed by atoms with Crippen LogP contribution >= 0.6 is 0 Å². The highest BCUT2D eigenvalue weighted by atomic mass is 32.2. The van der Waals surface area contributed by atoms with Crippen molar-refractivity contribution in [3.05, 3.63) is 29.8 Å². The van der Waals surface area contributed by atoms with Gasteiger partial charge in [0.15, 0.2) is 0 Å². The zero-order chi connectivity index (χ0) is 14.1. The highest BCUT2D eigenvalue weighted by Gasteiger charge is 2.07. The summed E-state index contributed by atoms with van der Waals surface area (Å²) in [5, 5.41) is 8.67. The van der Waals surface area contributed by atoms with Gasteiger partial charge in [0.05, 0.1) is 17.9 Å². The van der Waals surface area contributed by atoms with Gasteiger partial charge >= 0.3 is 0 Å². The van der Waals surface area contributed by atoms with Gasteiger partial charge in [-0.15, -0.1) is 0 Å². The SMILES string of the molecule is CCS(=O)(=O)CCCOc1ccccc1C#CCO. The van der Waals surface area contributed by atoms with E-state index in [1.807, 2.05) is 12.1 Å². The van der Waals surface area contributed by atoms with E-state index in [0.29, 0.717) is 24.3 Å². The Balaban J connectivity index is 2.54. The molecule has 0 radical (unpaired) electrons. The summed E-state index contributed by atoms with van der Waals surface area (Å²) in [5.41, 5.74) is 0.690. The summed E-state index contributed by atoms with van der Waals surface area (Å²) in [4.78, 5) is 0. The molecule has 4 nitrogen and oxygen atoms in total. The van der Waals surface area contributed by atoms with Crippen LogP contribution in [0.15, 0.2) is 24.3 Å². The summed E-state index contributed by atoms with van der Waals surface area (Å²) in [6, 6.07) is 7.22. The first kappa shape index (κ1) is 15.5. The first-order valence-corrected chi connectivity index (χ1v) is 7.93. The van der Waals surface area contributed by atoms with E-state index in [2.05, 4.69) is 11.8 Å². The monoisotopic (exact) mass is 282 g/mol. The normalized spacial score (nSPS) is 10.6. The standard InChI is InChI=1S/C14H18O4S/c1-2-19(16,17)12-6-11-18-14-9-4-3-7-13(14)8-5-10-15/h3-4,7,9,15H,2,6,10-12H2,1H3. The third kappa shape index (κ3) is 5.77. The lowest BCUT2D eigenvalue weighted by atomic mass is 10.2. The molecule has 0 unspecified atom stereocenters. The van der Waals surface area contributed by atoms with Crippen LogP contribution in [0.3, 0.4) is 0 Å². The van der Waals surface area contributed by atoms with Crippen molar-refractivity contribution in [3.63, 3.8) is 0 Å². The number of benzene rings is 1. The molecule has 0 aliphatic heterocycles. The number of aliphatic hydroxyl groups is 1. The van der Waals surface area contributed by atoms with E-state index in [1.54, 1.807) is 19.1 Å². The van der Waals surface area contributed by atoms with Crippen molar-refractivity contribution in [3.8, 4) is 17.6 Å². The van der Waals surface area contributed by atoms with Crippen molar-refractivity contribution in [2.45, 2.75) is 13.3 Å². The third-order valence-electron chi connectivity index (χ3n) is 2.49. The van der Waals surface area contributed by atoms with Crippen LogP contribution in [0, 0.1) is 11.8 Å². The van der Waals surface area contributed by atoms with Gasteiger partial charge in [0.1, 0.15) is 22.2 Å². The second-order valence-corrected chi connectivity index (χ2v) is 6.37. The summed E-state index contributed by atoms with van der Waals surface area (Å²) in [6.45, 7) is 1.76. The van der Waals surface area contributed by atoms with E-state index < -0.39 is 9.84 Å². The minimum absolute atomic E-state index is 0.133. The topological polar surface area (TPSA) is 63.6 Å². The molecule has 0 amide bonds. The average molecular weight is 282 g/mol. The van der Waals surface area contributed by atoms with Crippen LogP contribution in [0.5, 0.6) is 5.75 Å². The number of hydrogen-bond acceptors (Lipinski definition) is 4. The highest BCUT2D eigenvalue weighted by molar-refractivity contribution is 7.91. The summed E-state index contributed by atoms with van der Waals surface area (Å²) >= 11 is 0. The third-order valence-corrected chi connectivity index (χ3v) is 4.28. The minimum atomic E-state index is -2.94. The number of rotatable bonds is 6. The van der Waals surface area contributed by atoms with Crippen molar-refractivity contribution < 1.29 is 18.3 Å². The fourth-order valence-corrected chi connectivity index (χ4v) is 2.28. The largest absolute Gasteiger partial charge is 0.492 e. The molecule has 1 aromatic carbocycles. The second kappa shape index (κ2) is 7.82. The van der Waals surface area contributed by atoms with Gasteiger partial charge in [0.2, 0.25) is 0 Å². The molecular formula is C14H18O4S. The van der Waals surface area contributed by atoms with E-state index in [0.717, 1.165) is 0 Å². The van der Waals surface area contributed by atoms with Gasteiger partial charge < -0.3 is 9.84 Å². The zero-order valence-corrected chi connectivity index (χ0v) is 11.7. The van der Waals surface area contributed by atoms with Gasteiger partial charge in [-0.3, -0.25) is 0 Å². The molecule has 0 aromatic heterocycles. The van der Waals surface area contributed by atoms with Crippen molar-refractivity contribution in [1.29, 1.82) is 0 Å². The molecule has 5 heteroatoms. The summed E-state index contributed by atoms with van der Waals surface area (Å²) in [5.74, 6) is 6.25. The van der Waals surface area contributed by atoms with Crippen LogP contribution in [0.25, 0.3) is 0 Å². The smallest absolute Gasteiger partial charge is 0.150 e. The van der Waals surface area contributed by atoms with Crippen LogP contribution in [-0.2, 0) is 9.84 Å². The number of sulfone groups is 1. The predicted molar refractivity (Wildman–Crippen MR) is 74.8 cm³/mol. The maximum Gasteiger partial charge on any atom is 0.150 e. The number of hydrogen-bond donors (Lipinski definition) is 1. The van der Waals surface area contributed by atoms with E-state index in [9.17, 15) is 8.42 Å². The van der Waals surface area contributed by atoms with E-state index in [-0.39, 0.29) is 18.1 Å². The van der Waals surface area contributed by atoms with E-state index >= 15 is 0 Å². The molecule has 0 atom stereocenters. The maximum absolute atomic E-state index is 11.3. The first-order chi connectivity index (χ1) is 9.09. The van der Waals surface area contributed by atoms with Gasteiger partial charge in [0, 0.05) is 5.75 Å². The molecule has 0 aliphatic carbocycles. The van der Waals surface area contributed by atoms with Gasteiger partial charge in [-0.05, 0) is 18.6 Å². The van der Waals surface area contributed by atoms with Crippen LogP contribution in [0.2, 0.25) is 0 Å². The molecule has 0 fully saturated rings. The van der Waals surface area contributed by atoms with E-state index in [1.165, 1.54) is 0 Å². The Bertz CT molecular complexity index is 552. The molecule has 1 rings (SSSR count). The molecule has 104 valence electrons. The van der Waals surface area contributed by atoms with Gasteiger partial charge in [-0.25, -0.2) is 8.42 Å².